The number of aromatic nitrogens is 3. The molecular weight excluding hydrogens is 526 g/mol. The molecule has 224 valence electrons. The molecule has 13 heteroatoms. The zero-order valence-corrected chi connectivity index (χ0v) is 23.2. The largest absolute Gasteiger partial charge is 0.465 e. The van der Waals surface area contributed by atoms with Gasteiger partial charge in [-0.25, -0.2) is 28.1 Å². The SMILES string of the molecule is CC1CC(COC(=O)CCCn2c(=O)n(CCO)c(=O)n(CCCC(=O)OCC3CCC4OC4C3)c2=O)CCO1. The average molecular weight is 568 g/mol. The molecular formula is C27H41N3O10. The number of fused-ring (bicyclic) bond motifs is 1. The molecule has 0 aromatic carbocycles. The fourth-order valence-corrected chi connectivity index (χ4v) is 5.57. The fraction of sp³-hybridized carbons (Fsp3) is 0.815. The number of rotatable bonds is 14. The van der Waals surface area contributed by atoms with Gasteiger partial charge >= 0.3 is 29.0 Å². The van der Waals surface area contributed by atoms with Gasteiger partial charge in [-0.15, -0.1) is 0 Å². The Morgan fingerprint density at radius 3 is 1.88 bits per heavy atom. The van der Waals surface area contributed by atoms with E-state index in [4.69, 9.17) is 18.9 Å². The van der Waals surface area contributed by atoms with E-state index in [-0.39, 0.29) is 63.3 Å². The second kappa shape index (κ2) is 14.2. The highest BCUT2D eigenvalue weighted by atomic mass is 16.6. The summed E-state index contributed by atoms with van der Waals surface area (Å²) in [5, 5.41) is 9.35. The number of aliphatic hydroxyl groups excluding tert-OH is 1. The predicted octanol–water partition coefficient (Wildman–Crippen LogP) is 0.193. The van der Waals surface area contributed by atoms with Crippen LogP contribution in [0.25, 0.3) is 0 Å². The van der Waals surface area contributed by atoms with E-state index >= 15 is 0 Å². The van der Waals surface area contributed by atoms with E-state index in [0.717, 1.165) is 45.8 Å². The van der Waals surface area contributed by atoms with E-state index in [1.807, 2.05) is 6.92 Å². The molecule has 1 aliphatic carbocycles. The highest BCUT2D eigenvalue weighted by Crippen LogP contribution is 2.39. The van der Waals surface area contributed by atoms with Crippen molar-refractivity contribution in [1.29, 1.82) is 0 Å². The van der Waals surface area contributed by atoms with Gasteiger partial charge in [-0.05, 0) is 63.7 Å². The lowest BCUT2D eigenvalue weighted by Crippen LogP contribution is -2.55. The molecule has 1 aromatic heterocycles. The number of hydrogen-bond acceptors (Lipinski definition) is 10. The van der Waals surface area contributed by atoms with Crippen LogP contribution in [0.1, 0.15) is 64.7 Å². The van der Waals surface area contributed by atoms with Crippen molar-refractivity contribution in [3.63, 3.8) is 0 Å². The molecule has 3 aliphatic rings. The maximum atomic E-state index is 13.0. The molecule has 2 aliphatic heterocycles. The smallest absolute Gasteiger partial charge is 0.336 e. The van der Waals surface area contributed by atoms with Gasteiger partial charge in [0.05, 0.1) is 44.7 Å². The predicted molar refractivity (Wildman–Crippen MR) is 141 cm³/mol. The first-order valence-corrected chi connectivity index (χ1v) is 14.4. The van der Waals surface area contributed by atoms with Crippen LogP contribution in [0.3, 0.4) is 0 Å². The van der Waals surface area contributed by atoms with Crippen molar-refractivity contribution in [2.24, 2.45) is 11.8 Å². The van der Waals surface area contributed by atoms with Crippen LogP contribution in [-0.2, 0) is 48.2 Å². The number of carbonyl (C=O) groups is 2. The normalized spacial score (nSPS) is 25.7. The Hall–Kier alpha value is -2.77. The molecule has 3 heterocycles. The first-order chi connectivity index (χ1) is 19.3. The van der Waals surface area contributed by atoms with Crippen LogP contribution in [-0.4, -0.2) is 75.5 Å². The Morgan fingerprint density at radius 2 is 1.35 bits per heavy atom. The molecule has 4 rings (SSSR count). The topological polar surface area (TPSA) is 161 Å². The van der Waals surface area contributed by atoms with E-state index in [9.17, 15) is 29.1 Å². The molecule has 0 bridgehead atoms. The van der Waals surface area contributed by atoms with Crippen LogP contribution in [0.15, 0.2) is 14.4 Å². The number of esters is 2. The number of epoxide rings is 1. The lowest BCUT2D eigenvalue weighted by molar-refractivity contribution is -0.147. The van der Waals surface area contributed by atoms with Crippen LogP contribution >= 0.6 is 0 Å². The van der Waals surface area contributed by atoms with Crippen molar-refractivity contribution < 1.29 is 33.6 Å². The highest BCUT2D eigenvalue weighted by Gasteiger charge is 2.44. The van der Waals surface area contributed by atoms with E-state index in [2.05, 4.69) is 0 Å². The minimum Gasteiger partial charge on any atom is -0.465 e. The van der Waals surface area contributed by atoms with Crippen LogP contribution in [0.5, 0.6) is 0 Å². The molecule has 1 aromatic rings. The number of aliphatic hydroxyl groups is 1. The van der Waals surface area contributed by atoms with E-state index in [0.29, 0.717) is 32.0 Å². The van der Waals surface area contributed by atoms with Crippen molar-refractivity contribution >= 4 is 11.9 Å². The van der Waals surface area contributed by atoms with E-state index in [1.54, 1.807) is 0 Å². The summed E-state index contributed by atoms with van der Waals surface area (Å²) in [6, 6.07) is 0. The van der Waals surface area contributed by atoms with Gasteiger partial charge in [-0.1, -0.05) is 0 Å². The lowest BCUT2D eigenvalue weighted by Gasteiger charge is -2.26. The Labute approximate surface area is 232 Å². The molecule has 5 unspecified atom stereocenters. The Bertz CT molecular complexity index is 1140. The molecule has 0 spiro atoms. The van der Waals surface area contributed by atoms with Crippen LogP contribution < -0.4 is 17.1 Å². The quantitative estimate of drug-likeness (QED) is 0.243. The van der Waals surface area contributed by atoms with Gasteiger partial charge in [-0.3, -0.25) is 9.59 Å². The number of carbonyl (C=O) groups excluding carboxylic acids is 2. The monoisotopic (exact) mass is 567 g/mol. The summed E-state index contributed by atoms with van der Waals surface area (Å²) in [5.41, 5.74) is -2.51. The Balaban J connectivity index is 1.28. The summed E-state index contributed by atoms with van der Waals surface area (Å²) < 4.78 is 24.3. The zero-order chi connectivity index (χ0) is 28.6. The van der Waals surface area contributed by atoms with Crippen molar-refractivity contribution in [3.05, 3.63) is 31.5 Å². The third-order valence-corrected chi connectivity index (χ3v) is 7.90. The second-order valence-corrected chi connectivity index (χ2v) is 11.1. The number of hydrogen-bond donors (Lipinski definition) is 1. The number of ether oxygens (including phenoxy) is 4. The van der Waals surface area contributed by atoms with Gasteiger partial charge in [0, 0.05) is 32.5 Å². The van der Waals surface area contributed by atoms with Crippen LogP contribution in [0, 0.1) is 11.8 Å². The first-order valence-electron chi connectivity index (χ1n) is 14.4. The third-order valence-electron chi connectivity index (χ3n) is 7.90. The molecule has 0 radical (unpaired) electrons. The van der Waals surface area contributed by atoms with Gasteiger partial charge in [0.15, 0.2) is 0 Å². The van der Waals surface area contributed by atoms with Crippen LogP contribution in [0.2, 0.25) is 0 Å². The van der Waals surface area contributed by atoms with Gasteiger partial charge < -0.3 is 24.1 Å². The lowest BCUT2D eigenvalue weighted by atomic mass is 9.90. The molecule has 1 saturated carbocycles. The molecule has 0 amide bonds. The molecule has 3 fully saturated rings. The van der Waals surface area contributed by atoms with Gasteiger partial charge in [-0.2, -0.15) is 0 Å². The molecule has 1 N–H and O–H groups in total. The third kappa shape index (κ3) is 8.14. The summed E-state index contributed by atoms with van der Waals surface area (Å²) in [6.45, 7) is 2.32. The average Bonchev–Trinajstić information content (AvgIpc) is 3.71. The summed E-state index contributed by atoms with van der Waals surface area (Å²) in [6.07, 6.45) is 5.65. The van der Waals surface area contributed by atoms with Gasteiger partial charge in [0.25, 0.3) is 0 Å². The summed E-state index contributed by atoms with van der Waals surface area (Å²) >= 11 is 0. The minimum atomic E-state index is -0.848. The van der Waals surface area contributed by atoms with E-state index in [1.165, 1.54) is 0 Å². The number of nitrogens with zero attached hydrogens (tertiary/aromatic N) is 3. The maximum absolute atomic E-state index is 13.0. The zero-order valence-electron chi connectivity index (χ0n) is 23.2. The highest BCUT2D eigenvalue weighted by molar-refractivity contribution is 5.69. The van der Waals surface area contributed by atoms with Crippen molar-refractivity contribution in [3.8, 4) is 0 Å². The van der Waals surface area contributed by atoms with Gasteiger partial charge in [0.1, 0.15) is 0 Å². The molecule has 40 heavy (non-hydrogen) atoms. The Morgan fingerprint density at radius 1 is 0.800 bits per heavy atom. The maximum Gasteiger partial charge on any atom is 0.336 e. The molecule has 13 nitrogen and oxygen atoms in total. The van der Waals surface area contributed by atoms with E-state index < -0.39 is 35.6 Å². The van der Waals surface area contributed by atoms with Crippen LogP contribution in [0.4, 0.5) is 0 Å². The fourth-order valence-electron chi connectivity index (χ4n) is 5.57. The minimum absolute atomic E-state index is 0.00411. The van der Waals surface area contributed by atoms with Gasteiger partial charge in [0.2, 0.25) is 0 Å². The molecule has 2 saturated heterocycles. The summed E-state index contributed by atoms with van der Waals surface area (Å²) in [5.74, 6) is -0.307. The Kier molecular flexibility index (Phi) is 10.7. The standard InChI is InChI=1S/C27H41N3O10/c1-18-14-20(8-13-37-18)17-39-24(33)5-3-10-29-25(34)28(26(35)30(11-12-31)27(29)36)9-2-4-23(32)38-16-19-6-7-21-22(15-19)40-21/h18-22,31H,2-17H2,1H3. The second-order valence-electron chi connectivity index (χ2n) is 11.1. The van der Waals surface area contributed by atoms with Crippen molar-refractivity contribution in [2.45, 2.75) is 103 Å². The summed E-state index contributed by atoms with van der Waals surface area (Å²) in [7, 11) is 0. The summed E-state index contributed by atoms with van der Waals surface area (Å²) in [4.78, 5) is 63.2. The first kappa shape index (κ1) is 30.2. The van der Waals surface area contributed by atoms with Crippen molar-refractivity contribution in [1.82, 2.24) is 13.7 Å². The van der Waals surface area contributed by atoms with Crippen molar-refractivity contribution in [2.75, 3.05) is 26.4 Å². The molecule has 5 atom stereocenters.